The molecule has 2 aromatic rings. The molecule has 1 aromatic carbocycles. The molecule has 18 heavy (non-hydrogen) atoms. The summed E-state index contributed by atoms with van der Waals surface area (Å²) in [5, 5.41) is 25.5. The van der Waals surface area contributed by atoms with E-state index in [1.165, 1.54) is 12.4 Å². The van der Waals surface area contributed by atoms with E-state index in [4.69, 9.17) is 10.2 Å². The smallest absolute Gasteiger partial charge is 0.335 e. The summed E-state index contributed by atoms with van der Waals surface area (Å²) in [5.74, 6) is -0.546. The van der Waals surface area contributed by atoms with Gasteiger partial charge in [0, 0.05) is 4.47 Å². The highest BCUT2D eigenvalue weighted by atomic mass is 79.9. The first kappa shape index (κ1) is 12.7. The fourth-order valence-electron chi connectivity index (χ4n) is 1.60. The number of aliphatic hydroxyl groups excluding tert-OH is 1. The number of carboxylic acid groups (broad SMARTS) is 1. The molecule has 2 rings (SSSR count). The van der Waals surface area contributed by atoms with Gasteiger partial charge in [-0.3, -0.25) is 0 Å². The molecule has 0 aliphatic heterocycles. The Labute approximate surface area is 111 Å². The molecule has 0 bridgehead atoms. The van der Waals surface area contributed by atoms with Gasteiger partial charge in [0.1, 0.15) is 12.9 Å². The predicted molar refractivity (Wildman–Crippen MR) is 66.1 cm³/mol. The van der Waals surface area contributed by atoms with Gasteiger partial charge in [-0.1, -0.05) is 15.9 Å². The lowest BCUT2D eigenvalue weighted by atomic mass is 10.1. The predicted octanol–water partition coefficient (Wildman–Crippen LogP) is 1.28. The molecule has 0 radical (unpaired) electrons. The van der Waals surface area contributed by atoms with Crippen LogP contribution in [-0.2, 0) is 13.2 Å². The monoisotopic (exact) mass is 311 g/mol. The zero-order chi connectivity index (χ0) is 13.1. The molecule has 0 fully saturated rings. The SMILES string of the molecule is O=C(O)c1cc(Br)cc(Cn2cnnc2CO)c1. The van der Waals surface area contributed by atoms with Crippen LogP contribution in [0.5, 0.6) is 0 Å². The van der Waals surface area contributed by atoms with Crippen LogP contribution in [0.25, 0.3) is 0 Å². The van der Waals surface area contributed by atoms with Crippen molar-refractivity contribution in [2.75, 3.05) is 0 Å². The Morgan fingerprint density at radius 2 is 2.17 bits per heavy atom. The number of benzene rings is 1. The molecule has 7 heteroatoms. The summed E-state index contributed by atoms with van der Waals surface area (Å²) >= 11 is 3.27. The van der Waals surface area contributed by atoms with E-state index in [1.807, 2.05) is 6.07 Å². The fraction of sp³-hybridized carbons (Fsp3) is 0.182. The highest BCUT2D eigenvalue weighted by molar-refractivity contribution is 9.10. The van der Waals surface area contributed by atoms with Gasteiger partial charge in [0.15, 0.2) is 5.82 Å². The molecule has 0 atom stereocenters. The van der Waals surface area contributed by atoms with E-state index >= 15 is 0 Å². The largest absolute Gasteiger partial charge is 0.478 e. The van der Waals surface area contributed by atoms with E-state index in [1.54, 1.807) is 10.6 Å². The van der Waals surface area contributed by atoms with Crippen LogP contribution in [0.2, 0.25) is 0 Å². The average Bonchev–Trinajstić information content (AvgIpc) is 2.75. The molecule has 0 saturated carbocycles. The van der Waals surface area contributed by atoms with Crippen LogP contribution in [0.4, 0.5) is 0 Å². The summed E-state index contributed by atoms with van der Waals surface area (Å²) in [6.45, 7) is 0.197. The van der Waals surface area contributed by atoms with Crippen molar-refractivity contribution >= 4 is 21.9 Å². The highest BCUT2D eigenvalue weighted by Gasteiger charge is 2.08. The third-order valence-electron chi connectivity index (χ3n) is 2.39. The van der Waals surface area contributed by atoms with E-state index < -0.39 is 5.97 Å². The maximum absolute atomic E-state index is 10.9. The van der Waals surface area contributed by atoms with Crippen LogP contribution in [0.1, 0.15) is 21.7 Å². The molecule has 0 amide bonds. The minimum atomic E-state index is -0.983. The normalized spacial score (nSPS) is 10.6. The topological polar surface area (TPSA) is 88.2 Å². The molecule has 1 aromatic heterocycles. The summed E-state index contributed by atoms with van der Waals surface area (Å²) in [5.41, 5.74) is 0.995. The zero-order valence-corrected chi connectivity index (χ0v) is 10.8. The number of rotatable bonds is 4. The first-order valence-corrected chi connectivity index (χ1v) is 5.89. The van der Waals surface area contributed by atoms with Crippen molar-refractivity contribution in [1.82, 2.24) is 14.8 Å². The maximum Gasteiger partial charge on any atom is 0.335 e. The lowest BCUT2D eigenvalue weighted by molar-refractivity contribution is 0.0696. The number of hydrogen-bond donors (Lipinski definition) is 2. The number of halogens is 1. The van der Waals surface area contributed by atoms with E-state index in [2.05, 4.69) is 26.1 Å². The van der Waals surface area contributed by atoms with E-state index in [9.17, 15) is 4.79 Å². The van der Waals surface area contributed by atoms with Gasteiger partial charge >= 0.3 is 5.97 Å². The number of nitrogens with zero attached hydrogens (tertiary/aromatic N) is 3. The van der Waals surface area contributed by atoms with E-state index in [0.717, 1.165) is 5.56 Å². The molecule has 2 N–H and O–H groups in total. The van der Waals surface area contributed by atoms with Crippen LogP contribution in [0.15, 0.2) is 29.0 Å². The summed E-state index contributed by atoms with van der Waals surface area (Å²) in [7, 11) is 0. The van der Waals surface area contributed by atoms with Crippen molar-refractivity contribution in [3.8, 4) is 0 Å². The third-order valence-corrected chi connectivity index (χ3v) is 2.85. The lowest BCUT2D eigenvalue weighted by Crippen LogP contribution is -2.05. The number of hydrogen-bond acceptors (Lipinski definition) is 4. The number of aromatic nitrogens is 3. The zero-order valence-electron chi connectivity index (χ0n) is 9.25. The van der Waals surface area contributed by atoms with Gasteiger partial charge in [0.05, 0.1) is 12.1 Å². The first-order chi connectivity index (χ1) is 8.60. The molecule has 0 spiro atoms. The average molecular weight is 312 g/mol. The van der Waals surface area contributed by atoms with Crippen LogP contribution < -0.4 is 0 Å². The molecule has 0 saturated heterocycles. The summed E-state index contributed by atoms with van der Waals surface area (Å²) in [6, 6.07) is 4.92. The minimum Gasteiger partial charge on any atom is -0.478 e. The number of carbonyl (C=O) groups is 1. The van der Waals surface area contributed by atoms with Gasteiger partial charge in [-0.2, -0.15) is 0 Å². The Hall–Kier alpha value is -1.73. The van der Waals surface area contributed by atoms with Crippen molar-refractivity contribution < 1.29 is 15.0 Å². The van der Waals surface area contributed by atoms with Gasteiger partial charge in [-0.05, 0) is 23.8 Å². The number of aliphatic hydroxyl groups is 1. The van der Waals surface area contributed by atoms with Gasteiger partial charge in [0.25, 0.3) is 0 Å². The quantitative estimate of drug-likeness (QED) is 0.888. The Kier molecular flexibility index (Phi) is 3.73. The minimum absolute atomic E-state index is 0.206. The molecule has 0 aliphatic carbocycles. The van der Waals surface area contributed by atoms with Gasteiger partial charge in [0.2, 0.25) is 0 Å². The highest BCUT2D eigenvalue weighted by Crippen LogP contribution is 2.17. The van der Waals surface area contributed by atoms with Crippen LogP contribution in [0.3, 0.4) is 0 Å². The second-order valence-electron chi connectivity index (χ2n) is 3.69. The second-order valence-corrected chi connectivity index (χ2v) is 4.60. The standard InChI is InChI=1S/C11H10BrN3O3/c12-9-2-7(1-8(3-9)11(17)18)4-15-6-13-14-10(15)5-16/h1-3,6,16H,4-5H2,(H,17,18). The van der Waals surface area contributed by atoms with Gasteiger partial charge < -0.3 is 14.8 Å². The van der Waals surface area contributed by atoms with Crippen molar-refractivity contribution in [3.05, 3.63) is 46.0 Å². The summed E-state index contributed by atoms with van der Waals surface area (Å²) < 4.78 is 2.35. The molecule has 0 unspecified atom stereocenters. The second kappa shape index (κ2) is 5.28. The van der Waals surface area contributed by atoms with E-state index in [0.29, 0.717) is 16.8 Å². The number of carboxylic acids is 1. The molecular weight excluding hydrogens is 302 g/mol. The lowest BCUT2D eigenvalue weighted by Gasteiger charge is -2.07. The molecule has 1 heterocycles. The summed E-state index contributed by atoms with van der Waals surface area (Å²) in [6.07, 6.45) is 1.49. The van der Waals surface area contributed by atoms with Crippen molar-refractivity contribution in [3.63, 3.8) is 0 Å². The third kappa shape index (κ3) is 2.74. The summed E-state index contributed by atoms with van der Waals surface area (Å²) in [4.78, 5) is 10.9. The Morgan fingerprint density at radius 3 is 2.83 bits per heavy atom. The van der Waals surface area contributed by atoms with Crippen LogP contribution >= 0.6 is 15.9 Å². The van der Waals surface area contributed by atoms with Crippen molar-refractivity contribution in [2.45, 2.75) is 13.2 Å². The maximum atomic E-state index is 10.9. The first-order valence-electron chi connectivity index (χ1n) is 5.10. The van der Waals surface area contributed by atoms with Crippen LogP contribution in [-0.4, -0.2) is 30.9 Å². The molecule has 6 nitrogen and oxygen atoms in total. The Morgan fingerprint density at radius 1 is 1.39 bits per heavy atom. The van der Waals surface area contributed by atoms with Gasteiger partial charge in [-0.15, -0.1) is 10.2 Å². The molecule has 94 valence electrons. The van der Waals surface area contributed by atoms with Crippen molar-refractivity contribution in [1.29, 1.82) is 0 Å². The van der Waals surface area contributed by atoms with Crippen molar-refractivity contribution in [2.24, 2.45) is 0 Å². The van der Waals surface area contributed by atoms with Crippen LogP contribution in [0, 0.1) is 0 Å². The molecule has 0 aliphatic rings. The Balaban J connectivity index is 2.32. The van der Waals surface area contributed by atoms with E-state index in [-0.39, 0.29) is 12.2 Å². The fourth-order valence-corrected chi connectivity index (χ4v) is 2.14. The Bertz CT molecular complexity index is 583. The number of aromatic carboxylic acids is 1. The van der Waals surface area contributed by atoms with Gasteiger partial charge in [-0.25, -0.2) is 4.79 Å². The molecular formula is C11H10BrN3O3.